The fraction of sp³-hybridized carbons (Fsp3) is 0.429. The Hall–Kier alpha value is -3.44. The number of hydrogen-bond acceptors (Lipinski definition) is 7. The van der Waals surface area contributed by atoms with Gasteiger partial charge in [0.2, 0.25) is 0 Å². The van der Waals surface area contributed by atoms with Gasteiger partial charge in [-0.05, 0) is 26.2 Å². The Morgan fingerprint density at radius 3 is 2.12 bits per heavy atom. The molecule has 0 aliphatic heterocycles. The van der Waals surface area contributed by atoms with Crippen molar-refractivity contribution in [2.75, 3.05) is 27.2 Å². The van der Waals surface area contributed by atoms with Crippen LogP contribution in [0, 0.1) is 0 Å². The lowest BCUT2D eigenvalue weighted by Gasteiger charge is -2.18. The first-order valence-electron chi connectivity index (χ1n) is 9.66. The van der Waals surface area contributed by atoms with E-state index in [2.05, 4.69) is 16.1 Å². The van der Waals surface area contributed by atoms with E-state index in [4.69, 9.17) is 25.2 Å². The van der Waals surface area contributed by atoms with Gasteiger partial charge in [0.05, 0.1) is 12.8 Å². The Balaban J connectivity index is 0.000000347. The lowest BCUT2D eigenvalue weighted by atomic mass is 9.96. The van der Waals surface area contributed by atoms with Crippen molar-refractivity contribution in [2.24, 2.45) is 7.05 Å². The van der Waals surface area contributed by atoms with E-state index in [-0.39, 0.29) is 0 Å². The number of aliphatic carboxylic acids is 3. The molecule has 1 heterocycles. The third kappa shape index (κ3) is 9.14. The van der Waals surface area contributed by atoms with Gasteiger partial charge in [0, 0.05) is 37.5 Å². The fourth-order valence-electron chi connectivity index (χ4n) is 2.61. The van der Waals surface area contributed by atoms with Crippen molar-refractivity contribution in [2.45, 2.75) is 24.9 Å². The molecule has 0 spiro atoms. The zero-order valence-electron chi connectivity index (χ0n) is 18.3. The number of nitrogens with zero attached hydrogens (tertiary/aromatic N) is 3. The standard InChI is InChI=1S/C15H21N3O.C6H8O7/c1-17(2)10-11-19-15-7-5-4-6-13(15)12-14-8-9-16-18(14)3;7-3(8)1-6(13,5(11)12)2-4(9)10/h4-9H,10-12H2,1-3H3;13H,1-2H2,(H,7,8)(H,9,10)(H,11,12). The number of para-hydroxylation sites is 1. The fourth-order valence-corrected chi connectivity index (χ4v) is 2.61. The molecular formula is C21H29N3O8. The molecule has 0 aliphatic carbocycles. The van der Waals surface area contributed by atoms with Gasteiger partial charge < -0.3 is 30.1 Å². The summed E-state index contributed by atoms with van der Waals surface area (Å²) in [5.74, 6) is -4.06. The summed E-state index contributed by atoms with van der Waals surface area (Å²) < 4.78 is 7.76. The number of carboxylic acid groups (broad SMARTS) is 3. The molecule has 11 nitrogen and oxygen atoms in total. The van der Waals surface area contributed by atoms with Crippen LogP contribution in [0.25, 0.3) is 0 Å². The molecule has 2 aromatic rings. The summed E-state index contributed by atoms with van der Waals surface area (Å²) in [6.07, 6.45) is 0.378. The zero-order chi connectivity index (χ0) is 24.3. The number of ether oxygens (including phenoxy) is 1. The number of carbonyl (C=O) groups is 3. The summed E-state index contributed by atoms with van der Waals surface area (Å²) in [5.41, 5.74) is -0.356. The predicted octanol–water partition coefficient (Wildman–Crippen LogP) is 0.703. The number of rotatable bonds is 11. The van der Waals surface area contributed by atoms with E-state index in [0.717, 1.165) is 18.7 Å². The Morgan fingerprint density at radius 2 is 1.66 bits per heavy atom. The van der Waals surface area contributed by atoms with E-state index < -0.39 is 36.4 Å². The van der Waals surface area contributed by atoms with Gasteiger partial charge in [-0.1, -0.05) is 18.2 Å². The Bertz CT molecular complexity index is 894. The van der Waals surface area contributed by atoms with Gasteiger partial charge in [0.1, 0.15) is 12.4 Å². The Labute approximate surface area is 185 Å². The van der Waals surface area contributed by atoms with Crippen molar-refractivity contribution < 1.29 is 39.5 Å². The lowest BCUT2D eigenvalue weighted by Crippen LogP contribution is -2.42. The second-order valence-electron chi connectivity index (χ2n) is 7.36. The van der Waals surface area contributed by atoms with Crippen LogP contribution in [0.1, 0.15) is 24.1 Å². The molecule has 11 heteroatoms. The Morgan fingerprint density at radius 1 is 1.06 bits per heavy atom. The molecule has 0 atom stereocenters. The summed E-state index contributed by atoms with van der Waals surface area (Å²) in [6.45, 7) is 1.62. The summed E-state index contributed by atoms with van der Waals surface area (Å²) in [5, 5.41) is 38.0. The highest BCUT2D eigenvalue weighted by Crippen LogP contribution is 2.21. The number of hydrogen-bond donors (Lipinski definition) is 4. The smallest absolute Gasteiger partial charge is 0.336 e. The van der Waals surface area contributed by atoms with E-state index in [1.54, 1.807) is 0 Å². The van der Waals surface area contributed by atoms with Crippen LogP contribution in [0.3, 0.4) is 0 Å². The van der Waals surface area contributed by atoms with Crippen molar-refractivity contribution >= 4 is 17.9 Å². The third-order valence-electron chi connectivity index (χ3n) is 4.35. The maximum atomic E-state index is 10.3. The first kappa shape index (κ1) is 26.6. The number of benzene rings is 1. The summed E-state index contributed by atoms with van der Waals surface area (Å²) in [7, 11) is 6.06. The molecule has 1 aromatic carbocycles. The van der Waals surface area contributed by atoms with Crippen LogP contribution in [0.2, 0.25) is 0 Å². The van der Waals surface area contributed by atoms with Gasteiger partial charge in [-0.25, -0.2) is 4.79 Å². The molecule has 0 saturated carbocycles. The molecule has 0 aliphatic rings. The molecule has 2 rings (SSSR count). The van der Waals surface area contributed by atoms with Crippen molar-refractivity contribution in [1.29, 1.82) is 0 Å². The predicted molar refractivity (Wildman–Crippen MR) is 114 cm³/mol. The van der Waals surface area contributed by atoms with Gasteiger partial charge in [0.15, 0.2) is 5.60 Å². The molecule has 32 heavy (non-hydrogen) atoms. The highest BCUT2D eigenvalue weighted by Gasteiger charge is 2.40. The number of aromatic nitrogens is 2. The van der Waals surface area contributed by atoms with Crippen molar-refractivity contribution in [1.82, 2.24) is 14.7 Å². The molecule has 4 N–H and O–H groups in total. The second-order valence-corrected chi connectivity index (χ2v) is 7.36. The molecule has 0 amide bonds. The van der Waals surface area contributed by atoms with Crippen molar-refractivity contribution in [3.05, 3.63) is 47.8 Å². The monoisotopic (exact) mass is 451 g/mol. The molecule has 0 saturated heterocycles. The third-order valence-corrected chi connectivity index (χ3v) is 4.35. The molecule has 1 aromatic heterocycles. The zero-order valence-corrected chi connectivity index (χ0v) is 18.3. The van der Waals surface area contributed by atoms with Crippen LogP contribution >= 0.6 is 0 Å². The minimum absolute atomic E-state index is 0.704. The number of aliphatic hydroxyl groups is 1. The highest BCUT2D eigenvalue weighted by molar-refractivity contribution is 5.88. The van der Waals surface area contributed by atoms with Crippen LogP contribution in [0.15, 0.2) is 36.5 Å². The van der Waals surface area contributed by atoms with Crippen molar-refractivity contribution in [3.8, 4) is 5.75 Å². The van der Waals surface area contributed by atoms with Crippen molar-refractivity contribution in [3.63, 3.8) is 0 Å². The summed E-state index contributed by atoms with van der Waals surface area (Å²) in [6, 6.07) is 10.2. The molecule has 0 fully saturated rings. The topological polar surface area (TPSA) is 162 Å². The lowest BCUT2D eigenvalue weighted by molar-refractivity contribution is -0.170. The van der Waals surface area contributed by atoms with E-state index in [1.165, 1.54) is 11.3 Å². The average molecular weight is 451 g/mol. The van der Waals surface area contributed by atoms with Crippen LogP contribution < -0.4 is 4.74 Å². The van der Waals surface area contributed by atoms with E-state index in [9.17, 15) is 14.4 Å². The van der Waals surface area contributed by atoms with Gasteiger partial charge in [0.25, 0.3) is 0 Å². The quantitative estimate of drug-likeness (QED) is 0.382. The average Bonchev–Trinajstić information content (AvgIpc) is 3.06. The molecular weight excluding hydrogens is 422 g/mol. The van der Waals surface area contributed by atoms with Crippen LogP contribution in [-0.4, -0.2) is 85.9 Å². The Kier molecular flexibility index (Phi) is 10.3. The van der Waals surface area contributed by atoms with E-state index >= 15 is 0 Å². The minimum Gasteiger partial charge on any atom is -0.492 e. The van der Waals surface area contributed by atoms with Crippen LogP contribution in [0.5, 0.6) is 5.75 Å². The largest absolute Gasteiger partial charge is 0.492 e. The number of likely N-dealkylation sites (N-methyl/N-ethyl adjacent to an activating group) is 1. The van der Waals surface area contributed by atoms with E-state index in [0.29, 0.717) is 6.61 Å². The minimum atomic E-state index is -2.74. The first-order valence-corrected chi connectivity index (χ1v) is 9.66. The SMILES string of the molecule is CN(C)CCOc1ccccc1Cc1ccnn1C.O=C(O)CC(O)(CC(=O)O)C(=O)O. The van der Waals surface area contributed by atoms with Gasteiger partial charge >= 0.3 is 17.9 Å². The maximum absolute atomic E-state index is 10.3. The van der Waals surface area contributed by atoms with Crippen LogP contribution in [0.4, 0.5) is 0 Å². The van der Waals surface area contributed by atoms with E-state index in [1.807, 2.05) is 56.3 Å². The number of aryl methyl sites for hydroxylation is 1. The molecule has 0 radical (unpaired) electrons. The summed E-state index contributed by atoms with van der Waals surface area (Å²) in [4.78, 5) is 32.6. The summed E-state index contributed by atoms with van der Waals surface area (Å²) >= 11 is 0. The molecule has 0 unspecified atom stereocenters. The van der Waals surface area contributed by atoms with Crippen LogP contribution in [-0.2, 0) is 27.9 Å². The first-order chi connectivity index (χ1) is 14.9. The molecule has 0 bridgehead atoms. The van der Waals surface area contributed by atoms with Gasteiger partial charge in [-0.3, -0.25) is 14.3 Å². The highest BCUT2D eigenvalue weighted by atomic mass is 16.5. The number of carboxylic acids is 3. The molecule has 176 valence electrons. The normalized spacial score (nSPS) is 10.9. The van der Waals surface area contributed by atoms with Gasteiger partial charge in [-0.2, -0.15) is 5.10 Å². The second kappa shape index (κ2) is 12.4. The maximum Gasteiger partial charge on any atom is 0.336 e. The van der Waals surface area contributed by atoms with Gasteiger partial charge in [-0.15, -0.1) is 0 Å².